The van der Waals surface area contributed by atoms with Crippen LogP contribution in [-0.4, -0.2) is 35.1 Å². The van der Waals surface area contributed by atoms with Crippen molar-refractivity contribution in [3.05, 3.63) is 12.2 Å². The molecule has 2 N–H and O–H groups in total. The third kappa shape index (κ3) is 8.74. The first-order chi connectivity index (χ1) is 7.53. The van der Waals surface area contributed by atoms with Crippen LogP contribution < -0.4 is 9.61 Å². The van der Waals surface area contributed by atoms with Crippen LogP contribution in [0.3, 0.4) is 0 Å². The van der Waals surface area contributed by atoms with Gasteiger partial charge >= 0.3 is 10.4 Å². The maximum Gasteiger partial charge on any atom is 0.385 e. The van der Waals surface area contributed by atoms with Gasteiger partial charge in [-0.25, -0.2) is 13.9 Å². The highest BCUT2D eigenvalue weighted by Crippen LogP contribution is 1.92. The zero-order valence-electron chi connectivity index (χ0n) is 8.77. The van der Waals surface area contributed by atoms with Gasteiger partial charge in [0.25, 0.3) is 5.91 Å². The van der Waals surface area contributed by atoms with E-state index in [1.165, 1.54) is 6.92 Å². The maximum absolute atomic E-state index is 12.0. The molecular formula is C6H11FN2O6S2. The Morgan fingerprint density at radius 3 is 2.29 bits per heavy atom. The first-order valence-electron chi connectivity index (χ1n) is 4.07. The first-order valence-corrected chi connectivity index (χ1v) is 7.10. The second-order valence-corrected chi connectivity index (χ2v) is 6.08. The summed E-state index contributed by atoms with van der Waals surface area (Å²) in [6, 6.07) is 0. The number of carbonyl (C=O) groups excluding carboxylic acids is 1. The molecule has 0 aromatic carbocycles. The zero-order chi connectivity index (χ0) is 13.7. The van der Waals surface area contributed by atoms with E-state index in [4.69, 9.17) is 0 Å². The van der Waals surface area contributed by atoms with Crippen molar-refractivity contribution in [3.63, 3.8) is 0 Å². The van der Waals surface area contributed by atoms with Crippen LogP contribution in [-0.2, 0) is 30.1 Å². The highest BCUT2D eigenvalue weighted by molar-refractivity contribution is 8.02. The maximum atomic E-state index is 12.0. The molecule has 8 nitrogen and oxygen atoms in total. The summed E-state index contributed by atoms with van der Waals surface area (Å²) in [5.41, 5.74) is 1.98. The van der Waals surface area contributed by atoms with Crippen LogP contribution in [0.2, 0.25) is 0 Å². The largest absolute Gasteiger partial charge is 0.385 e. The van der Waals surface area contributed by atoms with E-state index >= 15 is 0 Å². The lowest BCUT2D eigenvalue weighted by Gasteiger charge is -2.05. The molecule has 0 saturated carbocycles. The Morgan fingerprint density at radius 2 is 1.88 bits per heavy atom. The second-order valence-electron chi connectivity index (χ2n) is 2.90. The third-order valence-corrected chi connectivity index (χ3v) is 3.75. The highest BCUT2D eigenvalue weighted by Gasteiger charge is 2.19. The van der Waals surface area contributed by atoms with Crippen LogP contribution in [0.25, 0.3) is 0 Å². The van der Waals surface area contributed by atoms with Gasteiger partial charge < -0.3 is 0 Å². The van der Waals surface area contributed by atoms with Crippen LogP contribution >= 0.6 is 0 Å². The fraction of sp³-hybridized carbons (Fsp3) is 0.500. The minimum absolute atomic E-state index is 0.136. The number of rotatable bonds is 7. The van der Waals surface area contributed by atoms with Crippen LogP contribution in [0.1, 0.15) is 6.92 Å². The Balaban J connectivity index is 4.06. The summed E-state index contributed by atoms with van der Waals surface area (Å²) < 4.78 is 54.5. The van der Waals surface area contributed by atoms with Gasteiger partial charge in [0, 0.05) is 5.57 Å². The van der Waals surface area contributed by atoms with E-state index < -0.39 is 38.7 Å². The third-order valence-electron chi connectivity index (χ3n) is 1.23. The molecule has 0 aromatic rings. The molecule has 0 spiro atoms. The van der Waals surface area contributed by atoms with Gasteiger partial charge in [-0.3, -0.25) is 9.63 Å². The number of halogens is 1. The van der Waals surface area contributed by atoms with Crippen LogP contribution in [0.5, 0.6) is 0 Å². The van der Waals surface area contributed by atoms with Gasteiger partial charge in [-0.15, -0.1) is 0 Å². The molecular weight excluding hydrogens is 279 g/mol. The van der Waals surface area contributed by atoms with E-state index in [0.717, 1.165) is 4.13 Å². The van der Waals surface area contributed by atoms with Crippen molar-refractivity contribution in [2.75, 3.05) is 12.4 Å². The normalized spacial score (nSPS) is 12.1. The summed E-state index contributed by atoms with van der Waals surface area (Å²) in [6.07, 6.45) is 0. The van der Waals surface area contributed by atoms with Crippen molar-refractivity contribution in [2.24, 2.45) is 0 Å². The Kier molecular flexibility index (Phi) is 5.68. The predicted molar refractivity (Wildman–Crippen MR) is 55.9 cm³/mol. The van der Waals surface area contributed by atoms with Crippen molar-refractivity contribution in [1.29, 1.82) is 0 Å². The molecule has 0 atom stereocenters. The molecule has 0 heterocycles. The van der Waals surface area contributed by atoms with Gasteiger partial charge in [0.15, 0.2) is 0 Å². The Morgan fingerprint density at radius 1 is 1.35 bits per heavy atom. The van der Waals surface area contributed by atoms with Crippen LogP contribution in [0, 0.1) is 0 Å². The minimum Gasteiger partial charge on any atom is -0.272 e. The van der Waals surface area contributed by atoms with E-state index in [9.17, 15) is 25.5 Å². The van der Waals surface area contributed by atoms with Gasteiger partial charge in [-0.1, -0.05) is 14.6 Å². The van der Waals surface area contributed by atoms with Crippen molar-refractivity contribution in [1.82, 2.24) is 9.61 Å². The van der Waals surface area contributed by atoms with Gasteiger partial charge in [-0.2, -0.15) is 8.42 Å². The average Bonchev–Trinajstić information content (AvgIpc) is 2.07. The molecule has 0 unspecified atom stereocenters. The minimum atomic E-state index is -5.34. The molecule has 0 radical (unpaired) electrons. The average molecular weight is 290 g/mol. The molecule has 0 aromatic heterocycles. The predicted octanol–water partition coefficient (Wildman–Crippen LogP) is -1.26. The molecule has 1 amide bonds. The van der Waals surface area contributed by atoms with E-state index in [1.54, 1.807) is 0 Å². The molecule has 0 bridgehead atoms. The lowest BCUT2D eigenvalue weighted by atomic mass is 10.3. The fourth-order valence-corrected chi connectivity index (χ4v) is 2.40. The Hall–Kier alpha value is -1.04. The number of hydrogen-bond donors (Lipinski definition) is 2. The molecule has 0 saturated heterocycles. The zero-order valence-corrected chi connectivity index (χ0v) is 10.4. The quantitative estimate of drug-likeness (QED) is 0.261. The number of hydroxylamine groups is 1. The summed E-state index contributed by atoms with van der Waals surface area (Å²) in [4.78, 5) is 15.2. The molecule has 0 aliphatic carbocycles. The lowest BCUT2D eigenvalue weighted by molar-refractivity contribution is -0.129. The van der Waals surface area contributed by atoms with Crippen LogP contribution in [0.4, 0.5) is 3.89 Å². The van der Waals surface area contributed by atoms with Crippen molar-refractivity contribution >= 4 is 26.3 Å². The fourth-order valence-electron chi connectivity index (χ4n) is 0.548. The Labute approximate surface area is 98.2 Å². The first kappa shape index (κ1) is 16.0. The molecule has 17 heavy (non-hydrogen) atoms. The SMILES string of the molecule is C=C(C)C(=O)NOCCS(=O)(=O)NS(=O)(=O)F. The number of hydrogen-bond acceptors (Lipinski definition) is 6. The van der Waals surface area contributed by atoms with Gasteiger partial charge in [-0.05, 0) is 6.92 Å². The van der Waals surface area contributed by atoms with E-state index in [0.29, 0.717) is 0 Å². The molecule has 0 rings (SSSR count). The lowest BCUT2D eigenvalue weighted by Crippen LogP contribution is -2.33. The van der Waals surface area contributed by atoms with E-state index in [-0.39, 0.29) is 5.57 Å². The number of nitrogens with one attached hydrogen (secondary N) is 2. The molecule has 0 fully saturated rings. The van der Waals surface area contributed by atoms with Crippen molar-refractivity contribution in [3.8, 4) is 0 Å². The topological polar surface area (TPSA) is 119 Å². The van der Waals surface area contributed by atoms with Crippen molar-refractivity contribution in [2.45, 2.75) is 6.92 Å². The Bertz CT molecular complexity index is 497. The number of carbonyl (C=O) groups is 1. The number of sulfonamides is 1. The second kappa shape index (κ2) is 6.05. The van der Waals surface area contributed by atoms with Crippen LogP contribution in [0.15, 0.2) is 12.2 Å². The van der Waals surface area contributed by atoms with Gasteiger partial charge in [0.2, 0.25) is 10.0 Å². The number of amides is 1. The summed E-state index contributed by atoms with van der Waals surface area (Å²) >= 11 is 0. The summed E-state index contributed by atoms with van der Waals surface area (Å²) in [6.45, 7) is 4.12. The van der Waals surface area contributed by atoms with E-state index in [2.05, 4.69) is 11.4 Å². The summed E-state index contributed by atoms with van der Waals surface area (Å²) in [5.74, 6) is -1.50. The van der Waals surface area contributed by atoms with Gasteiger partial charge in [0.1, 0.15) is 0 Å². The molecule has 0 aliphatic rings. The standard InChI is InChI=1S/C6H11FN2O6S2/c1-5(2)6(10)8-15-3-4-16(11,12)9-17(7,13)14/h9H,1,3-4H2,2H3,(H,8,10). The monoisotopic (exact) mass is 290 g/mol. The van der Waals surface area contributed by atoms with E-state index in [1.807, 2.05) is 5.48 Å². The van der Waals surface area contributed by atoms with Gasteiger partial charge in [0.05, 0.1) is 12.4 Å². The summed E-state index contributed by atoms with van der Waals surface area (Å²) in [5, 5.41) is 0. The molecule has 0 aliphatic heterocycles. The highest BCUT2D eigenvalue weighted by atomic mass is 32.3. The molecule has 100 valence electrons. The summed E-state index contributed by atoms with van der Waals surface area (Å²) in [7, 11) is -9.71. The molecule has 11 heteroatoms. The van der Waals surface area contributed by atoms with Crippen molar-refractivity contribution < 1.29 is 30.4 Å². The smallest absolute Gasteiger partial charge is 0.272 e.